The highest BCUT2D eigenvalue weighted by atomic mass is 32.2. The van der Waals surface area contributed by atoms with Gasteiger partial charge in [-0.15, -0.1) is 0 Å². The molecule has 0 aromatic carbocycles. The molecule has 1 heterocycles. The molecule has 0 aromatic rings. The summed E-state index contributed by atoms with van der Waals surface area (Å²) in [6.07, 6.45) is 0. The Morgan fingerprint density at radius 2 is 1.87 bits per heavy atom. The van der Waals surface area contributed by atoms with Crippen molar-refractivity contribution in [1.82, 2.24) is 10.2 Å². The SMILES string of the molecule is CC(C)NCC(C)(C)CN1CCSCC1. The van der Waals surface area contributed by atoms with Gasteiger partial charge in [0.05, 0.1) is 0 Å². The van der Waals surface area contributed by atoms with Crippen LogP contribution in [0, 0.1) is 5.41 Å². The summed E-state index contributed by atoms with van der Waals surface area (Å²) in [6.45, 7) is 14.1. The van der Waals surface area contributed by atoms with E-state index in [4.69, 9.17) is 0 Å². The molecule has 1 aliphatic heterocycles. The lowest BCUT2D eigenvalue weighted by atomic mass is 9.92. The lowest BCUT2D eigenvalue weighted by Gasteiger charge is -2.35. The monoisotopic (exact) mass is 230 g/mol. The van der Waals surface area contributed by atoms with Crippen LogP contribution in [0.3, 0.4) is 0 Å². The summed E-state index contributed by atoms with van der Waals surface area (Å²) >= 11 is 2.09. The highest BCUT2D eigenvalue weighted by molar-refractivity contribution is 7.99. The second-order valence-corrected chi connectivity index (χ2v) is 6.81. The van der Waals surface area contributed by atoms with Crippen molar-refractivity contribution in [3.8, 4) is 0 Å². The van der Waals surface area contributed by atoms with Gasteiger partial charge < -0.3 is 10.2 Å². The van der Waals surface area contributed by atoms with E-state index >= 15 is 0 Å². The van der Waals surface area contributed by atoms with E-state index in [1.54, 1.807) is 0 Å². The van der Waals surface area contributed by atoms with Crippen LogP contribution in [0.5, 0.6) is 0 Å². The Kier molecular flexibility index (Phi) is 5.44. The Bertz CT molecular complexity index is 174. The van der Waals surface area contributed by atoms with Crippen LogP contribution in [0.4, 0.5) is 0 Å². The first-order valence-electron chi connectivity index (χ1n) is 6.03. The van der Waals surface area contributed by atoms with Crippen molar-refractivity contribution in [2.75, 3.05) is 37.7 Å². The topological polar surface area (TPSA) is 15.3 Å². The fraction of sp³-hybridized carbons (Fsp3) is 1.00. The molecule has 0 radical (unpaired) electrons. The Hall–Kier alpha value is 0.270. The zero-order valence-electron chi connectivity index (χ0n) is 10.7. The van der Waals surface area contributed by atoms with Gasteiger partial charge in [-0.25, -0.2) is 0 Å². The normalized spacial score (nSPS) is 19.8. The van der Waals surface area contributed by atoms with E-state index < -0.39 is 0 Å². The largest absolute Gasteiger partial charge is 0.314 e. The molecule has 90 valence electrons. The highest BCUT2D eigenvalue weighted by Gasteiger charge is 2.22. The third-order valence-electron chi connectivity index (χ3n) is 2.74. The number of nitrogens with zero attached hydrogens (tertiary/aromatic N) is 1. The van der Waals surface area contributed by atoms with Crippen LogP contribution in [-0.2, 0) is 0 Å². The van der Waals surface area contributed by atoms with Crippen LogP contribution in [0.2, 0.25) is 0 Å². The number of nitrogens with one attached hydrogen (secondary N) is 1. The zero-order valence-corrected chi connectivity index (χ0v) is 11.5. The van der Waals surface area contributed by atoms with Crippen LogP contribution in [0.15, 0.2) is 0 Å². The molecule has 2 nitrogen and oxygen atoms in total. The molecule has 0 bridgehead atoms. The summed E-state index contributed by atoms with van der Waals surface area (Å²) in [5, 5.41) is 3.54. The summed E-state index contributed by atoms with van der Waals surface area (Å²) in [6, 6.07) is 0.598. The van der Waals surface area contributed by atoms with Crippen molar-refractivity contribution in [2.45, 2.75) is 33.7 Å². The maximum Gasteiger partial charge on any atom is 0.00729 e. The van der Waals surface area contributed by atoms with Gasteiger partial charge in [-0.2, -0.15) is 11.8 Å². The van der Waals surface area contributed by atoms with Gasteiger partial charge >= 0.3 is 0 Å². The average Bonchev–Trinajstić information content (AvgIpc) is 2.16. The number of hydrogen-bond acceptors (Lipinski definition) is 3. The number of rotatable bonds is 5. The molecular weight excluding hydrogens is 204 g/mol. The van der Waals surface area contributed by atoms with Gasteiger partial charge in [-0.05, 0) is 5.41 Å². The zero-order chi connectivity index (χ0) is 11.3. The molecule has 15 heavy (non-hydrogen) atoms. The van der Waals surface area contributed by atoms with E-state index in [1.807, 2.05) is 0 Å². The fourth-order valence-electron chi connectivity index (χ4n) is 1.90. The predicted molar refractivity (Wildman–Crippen MR) is 70.7 cm³/mol. The summed E-state index contributed by atoms with van der Waals surface area (Å²) < 4.78 is 0. The second kappa shape index (κ2) is 6.12. The smallest absolute Gasteiger partial charge is 0.00729 e. The number of hydrogen-bond donors (Lipinski definition) is 1. The van der Waals surface area contributed by atoms with Gasteiger partial charge in [-0.1, -0.05) is 27.7 Å². The van der Waals surface area contributed by atoms with E-state index in [0.717, 1.165) is 6.54 Å². The summed E-state index contributed by atoms with van der Waals surface area (Å²) in [7, 11) is 0. The highest BCUT2D eigenvalue weighted by Crippen LogP contribution is 2.19. The Morgan fingerprint density at radius 3 is 2.40 bits per heavy atom. The van der Waals surface area contributed by atoms with Gasteiger partial charge in [0.1, 0.15) is 0 Å². The van der Waals surface area contributed by atoms with Crippen LogP contribution in [0.1, 0.15) is 27.7 Å². The summed E-state index contributed by atoms with van der Waals surface area (Å²) in [5.41, 5.74) is 0.395. The minimum absolute atomic E-state index is 0.395. The van der Waals surface area contributed by atoms with Gasteiger partial charge in [0.25, 0.3) is 0 Å². The first kappa shape index (κ1) is 13.3. The summed E-state index contributed by atoms with van der Waals surface area (Å²) in [4.78, 5) is 2.61. The van der Waals surface area contributed by atoms with Crippen molar-refractivity contribution in [3.63, 3.8) is 0 Å². The predicted octanol–water partition coefficient (Wildman–Crippen LogP) is 2.06. The van der Waals surface area contributed by atoms with Gasteiger partial charge in [0, 0.05) is 43.7 Å². The minimum Gasteiger partial charge on any atom is -0.314 e. The van der Waals surface area contributed by atoms with Crippen molar-refractivity contribution >= 4 is 11.8 Å². The van der Waals surface area contributed by atoms with Crippen molar-refractivity contribution in [2.24, 2.45) is 5.41 Å². The quantitative estimate of drug-likeness (QED) is 0.778. The maximum absolute atomic E-state index is 3.54. The van der Waals surface area contributed by atoms with E-state index in [0.29, 0.717) is 11.5 Å². The lowest BCUT2D eigenvalue weighted by molar-refractivity contribution is 0.184. The molecule has 0 amide bonds. The third-order valence-corrected chi connectivity index (χ3v) is 3.69. The molecule has 1 aliphatic rings. The molecule has 1 fully saturated rings. The van der Waals surface area contributed by atoms with Crippen molar-refractivity contribution < 1.29 is 0 Å². The fourth-order valence-corrected chi connectivity index (χ4v) is 2.88. The van der Waals surface area contributed by atoms with Crippen LogP contribution < -0.4 is 5.32 Å². The molecule has 0 aromatic heterocycles. The maximum atomic E-state index is 3.54. The Labute approximate surface area is 99.2 Å². The van der Waals surface area contributed by atoms with Crippen LogP contribution in [0.25, 0.3) is 0 Å². The standard InChI is InChI=1S/C12H26N2S/c1-11(2)13-9-12(3,4)10-14-5-7-15-8-6-14/h11,13H,5-10H2,1-4H3. The second-order valence-electron chi connectivity index (χ2n) is 5.59. The molecular formula is C12H26N2S. The molecule has 1 N–H and O–H groups in total. The molecule has 1 saturated heterocycles. The Balaban J connectivity index is 2.26. The molecule has 0 spiro atoms. The first-order valence-corrected chi connectivity index (χ1v) is 7.18. The van der Waals surface area contributed by atoms with Crippen LogP contribution in [-0.4, -0.2) is 48.6 Å². The minimum atomic E-state index is 0.395. The third kappa shape index (κ3) is 5.79. The average molecular weight is 230 g/mol. The molecule has 0 saturated carbocycles. The van der Waals surface area contributed by atoms with Gasteiger partial charge in [-0.3, -0.25) is 0 Å². The van der Waals surface area contributed by atoms with Crippen LogP contribution >= 0.6 is 11.8 Å². The van der Waals surface area contributed by atoms with Gasteiger partial charge in [0.15, 0.2) is 0 Å². The number of thioether (sulfide) groups is 1. The van der Waals surface area contributed by atoms with E-state index in [9.17, 15) is 0 Å². The molecule has 0 aliphatic carbocycles. The van der Waals surface area contributed by atoms with E-state index in [2.05, 4.69) is 49.7 Å². The molecule has 3 heteroatoms. The Morgan fingerprint density at radius 1 is 1.27 bits per heavy atom. The molecule has 1 rings (SSSR count). The van der Waals surface area contributed by atoms with E-state index in [1.165, 1.54) is 31.1 Å². The molecule has 0 unspecified atom stereocenters. The van der Waals surface area contributed by atoms with Crippen molar-refractivity contribution in [3.05, 3.63) is 0 Å². The lowest BCUT2D eigenvalue weighted by Crippen LogP contribution is -2.44. The van der Waals surface area contributed by atoms with Gasteiger partial charge in [0.2, 0.25) is 0 Å². The molecule has 0 atom stereocenters. The first-order chi connectivity index (χ1) is 6.99. The van der Waals surface area contributed by atoms with Crippen molar-refractivity contribution in [1.29, 1.82) is 0 Å². The van der Waals surface area contributed by atoms with E-state index in [-0.39, 0.29) is 0 Å². The summed E-state index contributed by atoms with van der Waals surface area (Å²) in [5.74, 6) is 2.63.